The number of nitrogens with one attached hydrogen (secondary N) is 1. The highest BCUT2D eigenvalue weighted by molar-refractivity contribution is 8.00. The lowest BCUT2D eigenvalue weighted by Gasteiger charge is -2.15. The van der Waals surface area contributed by atoms with Crippen LogP contribution in [0, 0.1) is 0 Å². The third-order valence-electron chi connectivity index (χ3n) is 2.62. The molecule has 0 aliphatic carbocycles. The first-order chi connectivity index (χ1) is 10.7. The molecule has 1 amide bonds. The number of amides is 1. The number of hydrogen-bond donors (Lipinski definition) is 2. The summed E-state index contributed by atoms with van der Waals surface area (Å²) in [5, 5.41) is 11.1. The van der Waals surface area contributed by atoms with Gasteiger partial charge in [0.2, 0.25) is 5.91 Å². The standard InChI is InChI=1S/C14H16F3NO4S/c1-9(18-12(19)7-23-8-14(15,16)17)10-2-4-11(5-3-10)22-6-13(20)21/h2-5,9H,6-8H2,1H3,(H,18,19)(H,20,21). The Kier molecular flexibility index (Phi) is 7.21. The van der Waals surface area contributed by atoms with Gasteiger partial charge < -0.3 is 15.2 Å². The molecule has 0 aliphatic heterocycles. The summed E-state index contributed by atoms with van der Waals surface area (Å²) >= 11 is 0.505. The zero-order chi connectivity index (χ0) is 17.5. The molecule has 5 nitrogen and oxygen atoms in total. The SMILES string of the molecule is CC(NC(=O)CSCC(F)(F)F)c1ccc(OCC(=O)O)cc1. The van der Waals surface area contributed by atoms with Gasteiger partial charge in [-0.2, -0.15) is 13.2 Å². The van der Waals surface area contributed by atoms with E-state index in [0.29, 0.717) is 17.5 Å². The number of carbonyl (C=O) groups is 2. The zero-order valence-electron chi connectivity index (χ0n) is 12.2. The van der Waals surface area contributed by atoms with Gasteiger partial charge in [0.05, 0.1) is 17.5 Å². The fourth-order valence-electron chi connectivity index (χ4n) is 1.62. The zero-order valence-corrected chi connectivity index (χ0v) is 13.0. The van der Waals surface area contributed by atoms with Crippen LogP contribution < -0.4 is 10.1 Å². The number of ether oxygens (including phenoxy) is 1. The van der Waals surface area contributed by atoms with E-state index in [1.807, 2.05) is 0 Å². The van der Waals surface area contributed by atoms with Crippen molar-refractivity contribution in [3.8, 4) is 5.75 Å². The van der Waals surface area contributed by atoms with Crippen LogP contribution in [0.1, 0.15) is 18.5 Å². The Balaban J connectivity index is 2.43. The number of carbonyl (C=O) groups excluding carboxylic acids is 1. The maximum Gasteiger partial charge on any atom is 0.397 e. The number of alkyl halides is 3. The minimum absolute atomic E-state index is 0.274. The Hall–Kier alpha value is -1.90. The largest absolute Gasteiger partial charge is 0.482 e. The summed E-state index contributed by atoms with van der Waals surface area (Å²) in [6.45, 7) is 1.24. The molecule has 0 heterocycles. The van der Waals surface area contributed by atoms with Crippen molar-refractivity contribution in [1.82, 2.24) is 5.32 Å². The van der Waals surface area contributed by atoms with E-state index in [2.05, 4.69) is 5.32 Å². The van der Waals surface area contributed by atoms with E-state index in [9.17, 15) is 22.8 Å². The van der Waals surface area contributed by atoms with Gasteiger partial charge in [-0.15, -0.1) is 11.8 Å². The first-order valence-corrected chi connectivity index (χ1v) is 7.71. The summed E-state index contributed by atoms with van der Waals surface area (Å²) in [5.74, 6) is -2.55. The fourth-order valence-corrected chi connectivity index (χ4v) is 2.23. The first-order valence-electron chi connectivity index (χ1n) is 6.56. The minimum Gasteiger partial charge on any atom is -0.482 e. The lowest BCUT2D eigenvalue weighted by molar-refractivity contribution is -0.139. The molecule has 2 N–H and O–H groups in total. The molecule has 0 aliphatic rings. The molecule has 0 saturated heterocycles. The summed E-state index contributed by atoms with van der Waals surface area (Å²) in [6.07, 6.45) is -4.29. The van der Waals surface area contributed by atoms with Crippen molar-refractivity contribution in [1.29, 1.82) is 0 Å². The molecular formula is C14H16F3NO4S. The van der Waals surface area contributed by atoms with Gasteiger partial charge in [-0.25, -0.2) is 4.79 Å². The van der Waals surface area contributed by atoms with Crippen molar-refractivity contribution in [2.75, 3.05) is 18.1 Å². The van der Waals surface area contributed by atoms with Crippen LogP contribution in [-0.2, 0) is 9.59 Å². The number of aliphatic carboxylic acids is 1. The van der Waals surface area contributed by atoms with Gasteiger partial charge in [0, 0.05) is 0 Å². The van der Waals surface area contributed by atoms with E-state index in [4.69, 9.17) is 9.84 Å². The van der Waals surface area contributed by atoms with E-state index < -0.39 is 30.4 Å². The monoisotopic (exact) mass is 351 g/mol. The van der Waals surface area contributed by atoms with Gasteiger partial charge in [-0.1, -0.05) is 12.1 Å². The number of thioether (sulfide) groups is 1. The van der Waals surface area contributed by atoms with Crippen LogP contribution in [0.5, 0.6) is 5.75 Å². The molecule has 23 heavy (non-hydrogen) atoms. The summed E-state index contributed by atoms with van der Waals surface area (Å²) < 4.78 is 40.9. The third-order valence-corrected chi connectivity index (χ3v) is 3.62. The van der Waals surface area contributed by atoms with Crippen molar-refractivity contribution in [3.05, 3.63) is 29.8 Å². The molecular weight excluding hydrogens is 335 g/mol. The van der Waals surface area contributed by atoms with E-state index in [-0.39, 0.29) is 11.8 Å². The molecule has 9 heteroatoms. The number of hydrogen-bond acceptors (Lipinski definition) is 4. The molecule has 0 aromatic heterocycles. The molecule has 1 rings (SSSR count). The average molecular weight is 351 g/mol. The lowest BCUT2D eigenvalue weighted by atomic mass is 10.1. The van der Waals surface area contributed by atoms with Gasteiger partial charge in [0.15, 0.2) is 6.61 Å². The second-order valence-corrected chi connectivity index (χ2v) is 5.63. The average Bonchev–Trinajstić information content (AvgIpc) is 2.44. The Morgan fingerprint density at radius 2 is 1.91 bits per heavy atom. The minimum atomic E-state index is -4.29. The maximum atomic E-state index is 12.0. The van der Waals surface area contributed by atoms with Crippen molar-refractivity contribution in [2.24, 2.45) is 0 Å². The van der Waals surface area contributed by atoms with Crippen LogP contribution in [0.15, 0.2) is 24.3 Å². The fraction of sp³-hybridized carbons (Fsp3) is 0.429. The van der Waals surface area contributed by atoms with Crippen LogP contribution in [-0.4, -0.2) is 41.3 Å². The third kappa shape index (κ3) is 8.34. The van der Waals surface area contributed by atoms with Crippen LogP contribution in [0.4, 0.5) is 13.2 Å². The number of carboxylic acid groups (broad SMARTS) is 1. The normalized spacial score (nSPS) is 12.5. The number of carboxylic acids is 1. The molecule has 1 aromatic rings. The molecule has 0 saturated carbocycles. The van der Waals surface area contributed by atoms with E-state index in [1.54, 1.807) is 31.2 Å². The predicted molar refractivity (Wildman–Crippen MR) is 79.5 cm³/mol. The van der Waals surface area contributed by atoms with Crippen molar-refractivity contribution < 1.29 is 32.6 Å². The number of benzene rings is 1. The van der Waals surface area contributed by atoms with Gasteiger partial charge >= 0.3 is 12.1 Å². The van der Waals surface area contributed by atoms with Gasteiger partial charge in [-0.05, 0) is 24.6 Å². The number of halogens is 3. The van der Waals surface area contributed by atoms with Crippen molar-refractivity contribution >= 4 is 23.6 Å². The predicted octanol–water partition coefficient (Wildman–Crippen LogP) is 2.62. The Bertz CT molecular complexity index is 534. The smallest absolute Gasteiger partial charge is 0.397 e. The summed E-state index contributed by atoms with van der Waals surface area (Å²) in [4.78, 5) is 21.9. The Labute approximate surface area is 135 Å². The molecule has 0 bridgehead atoms. The van der Waals surface area contributed by atoms with Gasteiger partial charge in [-0.3, -0.25) is 4.79 Å². The Morgan fingerprint density at radius 1 is 1.30 bits per heavy atom. The van der Waals surface area contributed by atoms with E-state index in [0.717, 1.165) is 5.56 Å². The quantitative estimate of drug-likeness (QED) is 0.753. The second-order valence-electron chi connectivity index (χ2n) is 4.65. The van der Waals surface area contributed by atoms with E-state index >= 15 is 0 Å². The summed E-state index contributed by atoms with van der Waals surface area (Å²) in [5.41, 5.74) is 0.724. The molecule has 1 unspecified atom stereocenters. The van der Waals surface area contributed by atoms with Crippen molar-refractivity contribution in [3.63, 3.8) is 0 Å². The molecule has 0 spiro atoms. The van der Waals surface area contributed by atoms with Crippen molar-refractivity contribution in [2.45, 2.75) is 19.1 Å². The maximum absolute atomic E-state index is 12.0. The topological polar surface area (TPSA) is 75.6 Å². The molecule has 1 aromatic carbocycles. The summed E-state index contributed by atoms with van der Waals surface area (Å²) in [6, 6.07) is 6.01. The molecule has 128 valence electrons. The lowest BCUT2D eigenvalue weighted by Crippen LogP contribution is -2.28. The van der Waals surface area contributed by atoms with Crippen LogP contribution in [0.25, 0.3) is 0 Å². The van der Waals surface area contributed by atoms with Gasteiger partial charge in [0.1, 0.15) is 5.75 Å². The number of rotatable bonds is 8. The highest BCUT2D eigenvalue weighted by atomic mass is 32.2. The molecule has 1 atom stereocenters. The van der Waals surface area contributed by atoms with Crippen LogP contribution in [0.2, 0.25) is 0 Å². The van der Waals surface area contributed by atoms with Crippen LogP contribution >= 0.6 is 11.8 Å². The Morgan fingerprint density at radius 3 is 2.43 bits per heavy atom. The van der Waals surface area contributed by atoms with E-state index in [1.165, 1.54) is 0 Å². The summed E-state index contributed by atoms with van der Waals surface area (Å²) in [7, 11) is 0. The van der Waals surface area contributed by atoms with Gasteiger partial charge in [0.25, 0.3) is 0 Å². The highest BCUT2D eigenvalue weighted by Gasteiger charge is 2.27. The van der Waals surface area contributed by atoms with Crippen LogP contribution in [0.3, 0.4) is 0 Å². The second kappa shape index (κ2) is 8.66. The first kappa shape index (κ1) is 19.1. The highest BCUT2D eigenvalue weighted by Crippen LogP contribution is 2.21. The molecule has 0 radical (unpaired) electrons. The molecule has 0 fully saturated rings.